The van der Waals surface area contributed by atoms with Crippen molar-refractivity contribution in [2.24, 2.45) is 0 Å². The highest BCUT2D eigenvalue weighted by Gasteiger charge is 2.27. The fraction of sp³-hybridized carbons (Fsp3) is 0.375. The van der Waals surface area contributed by atoms with Gasteiger partial charge in [-0.3, -0.25) is 4.40 Å². The minimum absolute atomic E-state index is 0.229. The Morgan fingerprint density at radius 2 is 2.12 bits per heavy atom. The summed E-state index contributed by atoms with van der Waals surface area (Å²) in [4.78, 5) is 3.77. The zero-order valence-corrected chi connectivity index (χ0v) is 9.03. The van der Waals surface area contributed by atoms with E-state index in [9.17, 15) is 13.2 Å². The Kier molecular flexibility index (Phi) is 3.16. The summed E-state index contributed by atoms with van der Waals surface area (Å²) in [6, 6.07) is 1.45. The van der Waals surface area contributed by atoms with Crippen LogP contribution < -0.4 is 0 Å². The molecule has 0 N–H and O–H groups in total. The molecule has 0 unspecified atom stereocenters. The van der Waals surface area contributed by atoms with Crippen LogP contribution in [0.15, 0.2) is 12.4 Å². The van der Waals surface area contributed by atoms with Crippen molar-refractivity contribution in [2.75, 3.05) is 6.61 Å². The van der Waals surface area contributed by atoms with Crippen molar-refractivity contribution < 1.29 is 17.9 Å². The molecule has 0 saturated carbocycles. The van der Waals surface area contributed by atoms with Crippen LogP contribution in [0.2, 0.25) is 5.15 Å². The van der Waals surface area contributed by atoms with Crippen molar-refractivity contribution in [3.05, 3.63) is 23.4 Å². The molecule has 5 nitrogen and oxygen atoms in total. The van der Waals surface area contributed by atoms with Gasteiger partial charge in [0.25, 0.3) is 0 Å². The van der Waals surface area contributed by atoms with Crippen molar-refractivity contribution in [3.8, 4) is 0 Å². The molecular weight excluding hydrogens is 261 g/mol. The predicted molar refractivity (Wildman–Crippen MR) is 51.5 cm³/mol. The molecule has 0 aromatic carbocycles. The highest BCUT2D eigenvalue weighted by molar-refractivity contribution is 6.29. The van der Waals surface area contributed by atoms with Gasteiger partial charge >= 0.3 is 6.18 Å². The SMILES string of the molecule is FC(F)(F)COCc1nnc2cc(Cl)ncn12. The summed E-state index contributed by atoms with van der Waals surface area (Å²) in [7, 11) is 0. The van der Waals surface area contributed by atoms with E-state index >= 15 is 0 Å². The third-order valence-electron chi connectivity index (χ3n) is 1.83. The monoisotopic (exact) mass is 266 g/mol. The lowest BCUT2D eigenvalue weighted by molar-refractivity contribution is -0.177. The summed E-state index contributed by atoms with van der Waals surface area (Å²) in [5, 5.41) is 7.63. The van der Waals surface area contributed by atoms with Gasteiger partial charge in [0.05, 0.1) is 0 Å². The lowest BCUT2D eigenvalue weighted by Crippen LogP contribution is -2.17. The Hall–Kier alpha value is -1.41. The number of alkyl halides is 3. The molecule has 0 radical (unpaired) electrons. The third kappa shape index (κ3) is 3.04. The smallest absolute Gasteiger partial charge is 0.364 e. The summed E-state index contributed by atoms with van der Waals surface area (Å²) >= 11 is 5.62. The quantitative estimate of drug-likeness (QED) is 0.796. The minimum Gasteiger partial charge on any atom is -0.364 e. The Morgan fingerprint density at radius 1 is 1.35 bits per heavy atom. The van der Waals surface area contributed by atoms with Gasteiger partial charge in [0.1, 0.15) is 24.7 Å². The normalized spacial score (nSPS) is 12.2. The van der Waals surface area contributed by atoms with Crippen LogP contribution in [0.3, 0.4) is 0 Å². The fourth-order valence-electron chi connectivity index (χ4n) is 1.17. The molecule has 0 fully saturated rings. The zero-order valence-electron chi connectivity index (χ0n) is 8.28. The van der Waals surface area contributed by atoms with E-state index in [0.29, 0.717) is 5.65 Å². The number of rotatable bonds is 3. The lowest BCUT2D eigenvalue weighted by Gasteiger charge is -2.06. The van der Waals surface area contributed by atoms with Gasteiger partial charge in [0.15, 0.2) is 11.5 Å². The highest BCUT2D eigenvalue weighted by Crippen LogP contribution is 2.15. The van der Waals surface area contributed by atoms with E-state index < -0.39 is 12.8 Å². The second-order valence-electron chi connectivity index (χ2n) is 3.16. The number of nitrogens with zero attached hydrogens (tertiary/aromatic N) is 4. The van der Waals surface area contributed by atoms with Gasteiger partial charge in [0, 0.05) is 6.07 Å². The van der Waals surface area contributed by atoms with Crippen LogP contribution in [0.5, 0.6) is 0 Å². The molecule has 0 atom stereocenters. The largest absolute Gasteiger partial charge is 0.411 e. The van der Waals surface area contributed by atoms with Crippen LogP contribution in [0.25, 0.3) is 5.65 Å². The number of fused-ring (bicyclic) bond motifs is 1. The van der Waals surface area contributed by atoms with Crippen LogP contribution in [-0.2, 0) is 11.3 Å². The summed E-state index contributed by atoms with van der Waals surface area (Å²) in [6.07, 6.45) is -3.04. The standard InChI is InChI=1S/C8H6ClF3N4O/c9-5-1-6-14-15-7(16(6)4-13-5)2-17-3-8(10,11)12/h1,4H,2-3H2. The van der Waals surface area contributed by atoms with E-state index in [4.69, 9.17) is 11.6 Å². The van der Waals surface area contributed by atoms with Crippen molar-refractivity contribution >= 4 is 17.2 Å². The Morgan fingerprint density at radius 3 is 2.82 bits per heavy atom. The average Bonchev–Trinajstić information content (AvgIpc) is 2.59. The molecule has 2 heterocycles. The van der Waals surface area contributed by atoms with Crippen LogP contribution in [0.1, 0.15) is 5.82 Å². The molecule has 0 bridgehead atoms. The lowest BCUT2D eigenvalue weighted by atomic mass is 10.6. The second kappa shape index (κ2) is 4.46. The molecule has 0 aliphatic heterocycles. The Balaban J connectivity index is 2.09. The predicted octanol–water partition coefficient (Wildman–Crippen LogP) is 1.86. The van der Waals surface area contributed by atoms with E-state index in [0.717, 1.165) is 0 Å². The van der Waals surface area contributed by atoms with Crippen molar-refractivity contribution in [2.45, 2.75) is 12.8 Å². The first-order valence-electron chi connectivity index (χ1n) is 4.45. The molecule has 0 spiro atoms. The molecule has 2 aromatic rings. The molecule has 0 aliphatic rings. The molecular formula is C8H6ClF3N4O. The molecule has 9 heteroatoms. The summed E-state index contributed by atoms with van der Waals surface area (Å²) in [5.41, 5.74) is 0.399. The maximum Gasteiger partial charge on any atom is 0.411 e. The molecule has 0 saturated heterocycles. The van der Waals surface area contributed by atoms with Gasteiger partial charge in [-0.2, -0.15) is 13.2 Å². The van der Waals surface area contributed by atoms with E-state index in [1.54, 1.807) is 0 Å². The first-order chi connectivity index (χ1) is 7.96. The van der Waals surface area contributed by atoms with Gasteiger partial charge in [-0.25, -0.2) is 4.98 Å². The maximum atomic E-state index is 11.9. The van der Waals surface area contributed by atoms with Crippen molar-refractivity contribution in [1.82, 2.24) is 19.6 Å². The van der Waals surface area contributed by atoms with E-state index in [1.807, 2.05) is 0 Å². The van der Waals surface area contributed by atoms with E-state index in [2.05, 4.69) is 19.9 Å². The summed E-state index contributed by atoms with van der Waals surface area (Å²) in [5.74, 6) is 0.230. The second-order valence-corrected chi connectivity index (χ2v) is 3.55. The number of hydrogen-bond acceptors (Lipinski definition) is 4. The molecule has 0 amide bonds. The van der Waals surface area contributed by atoms with E-state index in [-0.39, 0.29) is 17.6 Å². The number of aromatic nitrogens is 4. The molecule has 92 valence electrons. The van der Waals surface area contributed by atoms with Gasteiger partial charge in [-0.05, 0) is 0 Å². The van der Waals surface area contributed by atoms with Crippen LogP contribution in [0.4, 0.5) is 13.2 Å². The van der Waals surface area contributed by atoms with Crippen molar-refractivity contribution in [3.63, 3.8) is 0 Å². The maximum absolute atomic E-state index is 11.9. The van der Waals surface area contributed by atoms with Crippen LogP contribution >= 0.6 is 11.6 Å². The van der Waals surface area contributed by atoms with Gasteiger partial charge in [0.2, 0.25) is 0 Å². The van der Waals surface area contributed by atoms with Crippen LogP contribution in [-0.4, -0.2) is 32.4 Å². The topological polar surface area (TPSA) is 52.3 Å². The zero-order chi connectivity index (χ0) is 12.5. The molecule has 17 heavy (non-hydrogen) atoms. The number of hydrogen-bond donors (Lipinski definition) is 0. The number of ether oxygens (including phenoxy) is 1. The Bertz CT molecular complexity index is 527. The Labute approximate surface area is 98.2 Å². The summed E-state index contributed by atoms with van der Waals surface area (Å²) in [6.45, 7) is -1.63. The first kappa shape index (κ1) is 12.1. The summed E-state index contributed by atoms with van der Waals surface area (Å²) < 4.78 is 41.4. The fourth-order valence-corrected chi connectivity index (χ4v) is 1.32. The van der Waals surface area contributed by atoms with Crippen LogP contribution in [0, 0.1) is 0 Å². The number of halogens is 4. The molecule has 2 rings (SSSR count). The molecule has 2 aromatic heterocycles. The van der Waals surface area contributed by atoms with Gasteiger partial charge in [-0.15, -0.1) is 10.2 Å². The van der Waals surface area contributed by atoms with E-state index in [1.165, 1.54) is 16.8 Å². The highest BCUT2D eigenvalue weighted by atomic mass is 35.5. The first-order valence-corrected chi connectivity index (χ1v) is 4.83. The van der Waals surface area contributed by atoms with Gasteiger partial charge in [-0.1, -0.05) is 11.6 Å². The molecule has 0 aliphatic carbocycles. The average molecular weight is 267 g/mol. The van der Waals surface area contributed by atoms with Crippen molar-refractivity contribution in [1.29, 1.82) is 0 Å². The van der Waals surface area contributed by atoms with Gasteiger partial charge < -0.3 is 4.74 Å². The minimum atomic E-state index is -4.36. The third-order valence-corrected chi connectivity index (χ3v) is 2.04.